The van der Waals surface area contributed by atoms with Gasteiger partial charge in [-0.1, -0.05) is 23.7 Å². The molecule has 0 atom stereocenters. The van der Waals surface area contributed by atoms with Gasteiger partial charge < -0.3 is 4.57 Å². The number of rotatable bonds is 4. The molecule has 3 aromatic rings. The number of aryl methyl sites for hydroxylation is 1. The number of hydrogen-bond donors (Lipinski definition) is 0. The van der Waals surface area contributed by atoms with Crippen molar-refractivity contribution < 1.29 is 14.4 Å². The third-order valence-electron chi connectivity index (χ3n) is 4.13. The maximum absolute atomic E-state index is 12.3. The molecular formula is C17H13ClN4O3. The number of hydrogen-bond acceptors (Lipinski definition) is 5. The van der Waals surface area contributed by atoms with Crippen LogP contribution in [0.4, 0.5) is 0 Å². The van der Waals surface area contributed by atoms with Gasteiger partial charge in [0.15, 0.2) is 0 Å². The van der Waals surface area contributed by atoms with Crippen molar-refractivity contribution >= 4 is 34.4 Å². The van der Waals surface area contributed by atoms with Crippen molar-refractivity contribution in [3.63, 3.8) is 0 Å². The van der Waals surface area contributed by atoms with E-state index in [9.17, 15) is 9.59 Å². The van der Waals surface area contributed by atoms with Gasteiger partial charge in [-0.25, -0.2) is 9.97 Å². The molecular weight excluding hydrogens is 344 g/mol. The molecule has 0 aliphatic carbocycles. The third-order valence-corrected chi connectivity index (χ3v) is 4.42. The quantitative estimate of drug-likeness (QED) is 0.530. The molecule has 0 radical (unpaired) electrons. The van der Waals surface area contributed by atoms with Gasteiger partial charge >= 0.3 is 0 Å². The lowest BCUT2D eigenvalue weighted by molar-refractivity contribution is -0.0901. The second kappa shape index (κ2) is 5.94. The SMILES string of the molecule is Cn1cc(CCON2C(=O)c3ccccc3C2=O)c2c(Cl)ncnc21. The van der Waals surface area contributed by atoms with Crippen LogP contribution < -0.4 is 0 Å². The number of amides is 2. The van der Waals surface area contributed by atoms with Crippen LogP contribution in [-0.2, 0) is 18.3 Å². The summed E-state index contributed by atoms with van der Waals surface area (Å²) in [7, 11) is 1.86. The topological polar surface area (TPSA) is 77.3 Å². The molecule has 1 aromatic carbocycles. The van der Waals surface area contributed by atoms with Crippen molar-refractivity contribution in [2.75, 3.05) is 6.61 Å². The highest BCUT2D eigenvalue weighted by atomic mass is 35.5. The molecule has 0 saturated heterocycles. The maximum Gasteiger partial charge on any atom is 0.285 e. The number of carbonyl (C=O) groups excluding carboxylic acids is 2. The van der Waals surface area contributed by atoms with Crippen LogP contribution in [0.5, 0.6) is 0 Å². The van der Waals surface area contributed by atoms with Crippen molar-refractivity contribution in [2.24, 2.45) is 7.05 Å². The van der Waals surface area contributed by atoms with Crippen molar-refractivity contribution in [3.8, 4) is 0 Å². The van der Waals surface area contributed by atoms with Gasteiger partial charge in [-0.05, 0) is 17.7 Å². The Balaban J connectivity index is 1.51. The molecule has 0 spiro atoms. The molecule has 0 fully saturated rings. The number of aromatic nitrogens is 3. The Morgan fingerprint density at radius 2 is 1.80 bits per heavy atom. The number of hydroxylamine groups is 2. The minimum absolute atomic E-state index is 0.149. The van der Waals surface area contributed by atoms with Crippen LogP contribution in [0.3, 0.4) is 0 Å². The van der Waals surface area contributed by atoms with Gasteiger partial charge in [0.2, 0.25) is 0 Å². The highest BCUT2D eigenvalue weighted by Gasteiger charge is 2.36. The van der Waals surface area contributed by atoms with Gasteiger partial charge in [0.25, 0.3) is 11.8 Å². The summed E-state index contributed by atoms with van der Waals surface area (Å²) < 4.78 is 1.85. The van der Waals surface area contributed by atoms with E-state index in [0.29, 0.717) is 22.7 Å². The Morgan fingerprint density at radius 1 is 1.12 bits per heavy atom. The van der Waals surface area contributed by atoms with E-state index in [0.717, 1.165) is 21.7 Å². The van der Waals surface area contributed by atoms with Gasteiger partial charge in [-0.15, -0.1) is 5.06 Å². The first-order valence-electron chi connectivity index (χ1n) is 7.63. The fraction of sp³-hybridized carbons (Fsp3) is 0.176. The summed E-state index contributed by atoms with van der Waals surface area (Å²) in [4.78, 5) is 38.2. The lowest BCUT2D eigenvalue weighted by Gasteiger charge is -2.13. The molecule has 1 aliphatic heterocycles. The molecule has 3 heterocycles. The first-order valence-corrected chi connectivity index (χ1v) is 8.01. The molecule has 4 rings (SSSR count). The summed E-state index contributed by atoms with van der Waals surface area (Å²) in [6.07, 6.45) is 3.75. The molecule has 25 heavy (non-hydrogen) atoms. The Hall–Kier alpha value is -2.77. The van der Waals surface area contributed by atoms with Gasteiger partial charge in [0, 0.05) is 19.7 Å². The molecule has 0 saturated carbocycles. The van der Waals surface area contributed by atoms with Gasteiger partial charge in [0.1, 0.15) is 17.1 Å². The Labute approximate surface area is 147 Å². The Morgan fingerprint density at radius 3 is 2.48 bits per heavy atom. The third kappa shape index (κ3) is 2.48. The molecule has 1 aliphatic rings. The first kappa shape index (κ1) is 15.7. The summed E-state index contributed by atoms with van der Waals surface area (Å²) in [6, 6.07) is 6.65. The maximum atomic E-state index is 12.3. The van der Waals surface area contributed by atoms with E-state index >= 15 is 0 Å². The van der Waals surface area contributed by atoms with Crippen molar-refractivity contribution in [2.45, 2.75) is 6.42 Å². The zero-order chi connectivity index (χ0) is 17.6. The molecule has 0 N–H and O–H groups in total. The van der Waals surface area contributed by atoms with E-state index < -0.39 is 11.8 Å². The van der Waals surface area contributed by atoms with Crippen LogP contribution in [0.2, 0.25) is 5.15 Å². The Kier molecular flexibility index (Phi) is 3.74. The van der Waals surface area contributed by atoms with E-state index in [1.54, 1.807) is 24.3 Å². The highest BCUT2D eigenvalue weighted by molar-refractivity contribution is 6.34. The van der Waals surface area contributed by atoms with Crippen LogP contribution in [0.15, 0.2) is 36.8 Å². The zero-order valence-corrected chi connectivity index (χ0v) is 14.0. The van der Waals surface area contributed by atoms with Crippen LogP contribution in [-0.4, -0.2) is 38.0 Å². The van der Waals surface area contributed by atoms with E-state index in [2.05, 4.69) is 9.97 Å². The normalized spacial score (nSPS) is 13.8. The second-order valence-electron chi connectivity index (χ2n) is 5.66. The molecule has 0 bridgehead atoms. The second-order valence-corrected chi connectivity index (χ2v) is 6.02. The zero-order valence-electron chi connectivity index (χ0n) is 13.3. The number of benzene rings is 1. The van der Waals surface area contributed by atoms with Gasteiger partial charge in [-0.2, -0.15) is 0 Å². The van der Waals surface area contributed by atoms with E-state index in [4.69, 9.17) is 16.4 Å². The Bertz CT molecular complexity index is 979. The van der Waals surface area contributed by atoms with E-state index in [-0.39, 0.29) is 6.61 Å². The fourth-order valence-electron chi connectivity index (χ4n) is 2.98. The van der Waals surface area contributed by atoms with Gasteiger partial charge in [-0.3, -0.25) is 14.4 Å². The number of carbonyl (C=O) groups is 2. The standard InChI is InChI=1S/C17H13ClN4O3/c1-21-8-10(13-14(18)19-9-20-15(13)21)6-7-25-22-16(23)11-4-2-3-5-12(11)17(22)24/h2-5,8-9H,6-7H2,1H3. The summed E-state index contributed by atoms with van der Waals surface area (Å²) >= 11 is 6.16. The predicted molar refractivity (Wildman–Crippen MR) is 90.1 cm³/mol. The summed E-state index contributed by atoms with van der Waals surface area (Å²) in [5.41, 5.74) is 2.32. The number of fused-ring (bicyclic) bond motifs is 2. The average Bonchev–Trinajstić information content (AvgIpc) is 3.06. The monoisotopic (exact) mass is 356 g/mol. The van der Waals surface area contributed by atoms with Crippen LogP contribution in [0, 0.1) is 0 Å². The largest absolute Gasteiger partial charge is 0.335 e. The number of nitrogens with zero attached hydrogens (tertiary/aromatic N) is 4. The smallest absolute Gasteiger partial charge is 0.285 e. The lowest BCUT2D eigenvalue weighted by atomic mass is 10.1. The van der Waals surface area contributed by atoms with Crippen molar-refractivity contribution in [3.05, 3.63) is 58.6 Å². The fourth-order valence-corrected chi connectivity index (χ4v) is 3.23. The number of halogens is 1. The molecule has 2 aromatic heterocycles. The van der Waals surface area contributed by atoms with Crippen LogP contribution in [0.25, 0.3) is 11.0 Å². The van der Waals surface area contributed by atoms with Gasteiger partial charge in [0.05, 0.1) is 23.1 Å². The molecule has 7 nitrogen and oxygen atoms in total. The van der Waals surface area contributed by atoms with Crippen molar-refractivity contribution in [1.82, 2.24) is 19.6 Å². The van der Waals surface area contributed by atoms with Crippen LogP contribution >= 0.6 is 11.6 Å². The summed E-state index contributed by atoms with van der Waals surface area (Å²) in [5, 5.41) is 1.92. The lowest BCUT2D eigenvalue weighted by Crippen LogP contribution is -2.30. The van der Waals surface area contributed by atoms with Crippen LogP contribution in [0.1, 0.15) is 26.3 Å². The summed E-state index contributed by atoms with van der Waals surface area (Å²) in [5.74, 6) is -0.889. The summed E-state index contributed by atoms with van der Waals surface area (Å²) in [6.45, 7) is 0.149. The highest BCUT2D eigenvalue weighted by Crippen LogP contribution is 2.26. The number of imide groups is 1. The molecule has 0 unspecified atom stereocenters. The molecule has 2 amide bonds. The molecule has 8 heteroatoms. The van der Waals surface area contributed by atoms with E-state index in [1.165, 1.54) is 6.33 Å². The first-order chi connectivity index (χ1) is 12.1. The minimum atomic E-state index is -0.445. The average molecular weight is 357 g/mol. The predicted octanol–water partition coefficient (Wildman–Crippen LogP) is 2.39. The minimum Gasteiger partial charge on any atom is -0.335 e. The molecule has 126 valence electrons. The van der Waals surface area contributed by atoms with E-state index in [1.807, 2.05) is 17.8 Å². The van der Waals surface area contributed by atoms with Crippen molar-refractivity contribution in [1.29, 1.82) is 0 Å².